The first-order valence-electron chi connectivity index (χ1n) is 8.38. The minimum absolute atomic E-state index is 0.258. The van der Waals surface area contributed by atoms with Crippen LogP contribution in [0.1, 0.15) is 23.0 Å². The van der Waals surface area contributed by atoms with E-state index in [2.05, 4.69) is 0 Å². The van der Waals surface area contributed by atoms with Gasteiger partial charge in [0.15, 0.2) is 12.2 Å². The van der Waals surface area contributed by atoms with E-state index >= 15 is 0 Å². The third-order valence-corrected chi connectivity index (χ3v) is 5.60. The van der Waals surface area contributed by atoms with Crippen LogP contribution in [-0.4, -0.2) is 35.7 Å². The molecule has 0 aromatic heterocycles. The van der Waals surface area contributed by atoms with Crippen LogP contribution < -0.4 is 0 Å². The summed E-state index contributed by atoms with van der Waals surface area (Å²) < 4.78 is 10.5. The largest absolute Gasteiger partial charge is 0.451 e. The molecule has 2 heterocycles. The van der Waals surface area contributed by atoms with Crippen molar-refractivity contribution in [1.29, 1.82) is 0 Å². The highest BCUT2D eigenvalue weighted by molar-refractivity contribution is 6.40. The highest BCUT2D eigenvalue weighted by atomic mass is 35.5. The molecule has 6 nitrogen and oxygen atoms in total. The lowest BCUT2D eigenvalue weighted by Crippen LogP contribution is -2.36. The first kappa shape index (κ1) is 18.7. The topological polar surface area (TPSA) is 86.7 Å². The third-order valence-electron chi connectivity index (χ3n) is 4.91. The maximum Gasteiger partial charge on any atom is 0.375 e. The van der Waals surface area contributed by atoms with E-state index in [-0.39, 0.29) is 10.0 Å². The van der Waals surface area contributed by atoms with Crippen LogP contribution in [-0.2, 0) is 28.7 Å². The van der Waals surface area contributed by atoms with Crippen LogP contribution >= 0.6 is 23.2 Å². The van der Waals surface area contributed by atoms with Gasteiger partial charge in [0.1, 0.15) is 0 Å². The number of halogens is 2. The van der Waals surface area contributed by atoms with Crippen molar-refractivity contribution in [3.05, 3.63) is 69.7 Å². The highest BCUT2D eigenvalue weighted by Crippen LogP contribution is 2.43. The Kier molecular flexibility index (Phi) is 4.69. The van der Waals surface area contributed by atoms with E-state index < -0.39 is 47.5 Å². The summed E-state index contributed by atoms with van der Waals surface area (Å²) in [5, 5.41) is 0.517. The summed E-state index contributed by atoms with van der Waals surface area (Å²) in [6.45, 7) is 0. The van der Waals surface area contributed by atoms with Crippen molar-refractivity contribution in [3.63, 3.8) is 0 Å². The van der Waals surface area contributed by atoms with Crippen LogP contribution in [0.2, 0.25) is 10.0 Å². The van der Waals surface area contributed by atoms with Gasteiger partial charge in [-0.25, -0.2) is 9.59 Å². The van der Waals surface area contributed by atoms with E-state index in [0.717, 1.165) is 0 Å². The molecule has 2 aliphatic heterocycles. The predicted molar refractivity (Wildman–Crippen MR) is 98.2 cm³/mol. The fourth-order valence-corrected chi connectivity index (χ4v) is 4.16. The van der Waals surface area contributed by atoms with Crippen molar-refractivity contribution in [3.8, 4) is 0 Å². The second kappa shape index (κ2) is 7.04. The molecular formula is C20H12Cl2O6. The normalized spacial score (nSPS) is 27.1. The van der Waals surface area contributed by atoms with Gasteiger partial charge in [-0.2, -0.15) is 0 Å². The van der Waals surface area contributed by atoms with E-state index in [9.17, 15) is 19.2 Å². The Morgan fingerprint density at radius 1 is 0.607 bits per heavy atom. The summed E-state index contributed by atoms with van der Waals surface area (Å²) in [6.07, 6.45) is -2.40. The molecule has 0 aliphatic carbocycles. The van der Waals surface area contributed by atoms with Crippen LogP contribution in [0, 0.1) is 0 Å². The Labute approximate surface area is 169 Å². The van der Waals surface area contributed by atoms with Crippen LogP contribution in [0.25, 0.3) is 0 Å². The molecule has 0 bridgehead atoms. The van der Waals surface area contributed by atoms with Gasteiger partial charge in [-0.3, -0.25) is 9.59 Å². The number of benzene rings is 2. The fourth-order valence-electron chi connectivity index (χ4n) is 3.66. The first-order valence-corrected chi connectivity index (χ1v) is 9.14. The molecule has 4 rings (SSSR count). The van der Waals surface area contributed by atoms with E-state index in [1.807, 2.05) is 0 Å². The summed E-state index contributed by atoms with van der Waals surface area (Å²) in [5.74, 6) is -5.96. The number of carbonyl (C=O) groups is 4. The molecule has 0 radical (unpaired) electrons. The molecule has 0 spiro atoms. The number of carbonyl (C=O) groups excluding carboxylic acids is 4. The number of ether oxygens (including phenoxy) is 2. The molecule has 2 aromatic carbocycles. The number of hydrogen-bond acceptors (Lipinski definition) is 6. The summed E-state index contributed by atoms with van der Waals surface area (Å²) in [7, 11) is 0. The SMILES string of the molecule is O=C1O[C@H]([C@@H]2OC(=O)C(=O)[C@H]2c2ccccc2Cl)[C@@H](c2ccccc2Cl)C1=O. The highest BCUT2D eigenvalue weighted by Gasteiger charge is 2.57. The van der Waals surface area contributed by atoms with Crippen molar-refractivity contribution in [1.82, 2.24) is 0 Å². The summed E-state index contributed by atoms with van der Waals surface area (Å²) >= 11 is 12.4. The van der Waals surface area contributed by atoms with Crippen molar-refractivity contribution in [2.45, 2.75) is 24.0 Å². The van der Waals surface area contributed by atoms with Gasteiger partial charge in [0.2, 0.25) is 0 Å². The van der Waals surface area contributed by atoms with Gasteiger partial charge in [-0.05, 0) is 23.3 Å². The molecule has 0 amide bonds. The molecule has 142 valence electrons. The molecule has 0 saturated carbocycles. The first-order chi connectivity index (χ1) is 13.4. The van der Waals surface area contributed by atoms with Gasteiger partial charge in [-0.15, -0.1) is 0 Å². The van der Waals surface area contributed by atoms with Crippen LogP contribution in [0.15, 0.2) is 48.5 Å². The van der Waals surface area contributed by atoms with Gasteiger partial charge >= 0.3 is 11.9 Å². The van der Waals surface area contributed by atoms with Gasteiger partial charge in [0, 0.05) is 10.0 Å². The number of ketones is 2. The van der Waals surface area contributed by atoms with Gasteiger partial charge in [0.25, 0.3) is 11.6 Å². The second-order valence-corrected chi connectivity index (χ2v) is 7.28. The van der Waals surface area contributed by atoms with Gasteiger partial charge < -0.3 is 9.47 Å². The Bertz CT molecular complexity index is 936. The Morgan fingerprint density at radius 3 is 1.32 bits per heavy atom. The zero-order valence-electron chi connectivity index (χ0n) is 14.1. The fraction of sp³-hybridized carbons (Fsp3) is 0.200. The monoisotopic (exact) mass is 418 g/mol. The van der Waals surface area contributed by atoms with Crippen LogP contribution in [0.5, 0.6) is 0 Å². The molecule has 2 saturated heterocycles. The molecule has 2 aliphatic rings. The molecular weight excluding hydrogens is 407 g/mol. The molecule has 4 atom stereocenters. The van der Waals surface area contributed by atoms with Crippen LogP contribution in [0.3, 0.4) is 0 Å². The molecule has 8 heteroatoms. The smallest absolute Gasteiger partial charge is 0.375 e. The van der Waals surface area contributed by atoms with Crippen LogP contribution in [0.4, 0.5) is 0 Å². The minimum Gasteiger partial charge on any atom is -0.451 e. The maximum absolute atomic E-state index is 12.5. The number of rotatable bonds is 3. The summed E-state index contributed by atoms with van der Waals surface area (Å²) in [4.78, 5) is 49.1. The van der Waals surface area contributed by atoms with Gasteiger partial charge in [0.05, 0.1) is 11.8 Å². The van der Waals surface area contributed by atoms with E-state index in [1.165, 1.54) is 0 Å². The zero-order valence-corrected chi connectivity index (χ0v) is 15.6. The number of esters is 2. The molecule has 2 aromatic rings. The Hall–Kier alpha value is -2.70. The maximum atomic E-state index is 12.5. The number of Topliss-reactive ketones (excluding diaryl/α,β-unsaturated/α-hetero) is 2. The Morgan fingerprint density at radius 2 is 0.964 bits per heavy atom. The van der Waals surface area contributed by atoms with Crippen molar-refractivity contribution < 1.29 is 28.7 Å². The molecule has 0 unspecified atom stereocenters. The molecule has 28 heavy (non-hydrogen) atoms. The Balaban J connectivity index is 1.81. The lowest BCUT2D eigenvalue weighted by Gasteiger charge is -2.26. The number of cyclic esters (lactones) is 2. The summed E-state index contributed by atoms with van der Waals surface area (Å²) in [5.41, 5.74) is 0.719. The second-order valence-electron chi connectivity index (χ2n) is 6.47. The van der Waals surface area contributed by atoms with Crippen molar-refractivity contribution >= 4 is 46.7 Å². The minimum atomic E-state index is -1.20. The lowest BCUT2D eigenvalue weighted by atomic mass is 9.81. The van der Waals surface area contributed by atoms with Crippen molar-refractivity contribution in [2.24, 2.45) is 0 Å². The average molecular weight is 419 g/mol. The standard InChI is InChI=1S/C20H12Cl2O6/c21-11-7-3-1-5-9(11)13-15(23)19(25)27-17(13)18-14(16(24)20(26)28-18)10-6-2-4-8-12(10)22/h1-8,13-14,17-18H/t13-,14+,17-,18+. The zero-order chi connectivity index (χ0) is 20.0. The number of hydrogen-bond donors (Lipinski definition) is 0. The third kappa shape index (κ3) is 2.89. The van der Waals surface area contributed by atoms with Gasteiger partial charge in [-0.1, -0.05) is 59.6 Å². The quantitative estimate of drug-likeness (QED) is 0.562. The lowest BCUT2D eigenvalue weighted by molar-refractivity contribution is -0.157. The van der Waals surface area contributed by atoms with E-state index in [4.69, 9.17) is 32.7 Å². The van der Waals surface area contributed by atoms with E-state index in [1.54, 1.807) is 48.5 Å². The summed E-state index contributed by atoms with van der Waals surface area (Å²) in [6, 6.07) is 13.0. The average Bonchev–Trinajstić information content (AvgIpc) is 3.13. The molecule has 2 fully saturated rings. The predicted octanol–water partition coefficient (Wildman–Crippen LogP) is 2.85. The molecule has 0 N–H and O–H groups in total. The van der Waals surface area contributed by atoms with Crippen molar-refractivity contribution in [2.75, 3.05) is 0 Å². The van der Waals surface area contributed by atoms with E-state index in [0.29, 0.717) is 11.1 Å².